The standard InChI is InChI=1S/C12H25N3/c1-10-3-6-15(12(7-10)8-13)11-4-5-14(2)9-11/h10-12H,3-9,13H2,1-2H3. The van der Waals surface area contributed by atoms with Gasteiger partial charge in [0.1, 0.15) is 0 Å². The van der Waals surface area contributed by atoms with Crippen molar-refractivity contribution < 1.29 is 0 Å². The number of rotatable bonds is 2. The van der Waals surface area contributed by atoms with E-state index in [9.17, 15) is 0 Å². The summed E-state index contributed by atoms with van der Waals surface area (Å²) < 4.78 is 0. The van der Waals surface area contributed by atoms with Gasteiger partial charge in [0, 0.05) is 25.2 Å². The number of hydrogen-bond donors (Lipinski definition) is 1. The van der Waals surface area contributed by atoms with Crippen LogP contribution in [0.4, 0.5) is 0 Å². The molecule has 3 heteroatoms. The Morgan fingerprint density at radius 3 is 2.67 bits per heavy atom. The lowest BCUT2D eigenvalue weighted by Crippen LogP contribution is -2.51. The third-order valence-electron chi connectivity index (χ3n) is 4.13. The van der Waals surface area contributed by atoms with Gasteiger partial charge in [-0.1, -0.05) is 6.92 Å². The molecule has 0 bridgehead atoms. The van der Waals surface area contributed by atoms with Crippen LogP contribution in [0.15, 0.2) is 0 Å². The smallest absolute Gasteiger partial charge is 0.0238 e. The Morgan fingerprint density at radius 1 is 1.27 bits per heavy atom. The first-order valence-corrected chi connectivity index (χ1v) is 6.35. The summed E-state index contributed by atoms with van der Waals surface area (Å²) in [6.45, 7) is 6.96. The van der Waals surface area contributed by atoms with E-state index in [0.717, 1.165) is 18.5 Å². The molecule has 2 heterocycles. The van der Waals surface area contributed by atoms with E-state index in [2.05, 4.69) is 23.8 Å². The van der Waals surface area contributed by atoms with Crippen molar-refractivity contribution in [2.75, 3.05) is 33.2 Å². The Bertz CT molecular complexity index is 205. The highest BCUT2D eigenvalue weighted by Gasteiger charge is 2.33. The van der Waals surface area contributed by atoms with Crippen molar-refractivity contribution in [3.05, 3.63) is 0 Å². The monoisotopic (exact) mass is 211 g/mol. The zero-order valence-electron chi connectivity index (χ0n) is 10.2. The first-order chi connectivity index (χ1) is 7.20. The average Bonchev–Trinajstić information content (AvgIpc) is 2.64. The summed E-state index contributed by atoms with van der Waals surface area (Å²) in [6, 6.07) is 1.42. The van der Waals surface area contributed by atoms with Crippen molar-refractivity contribution in [2.24, 2.45) is 11.7 Å². The molecule has 0 aromatic carbocycles. The Morgan fingerprint density at radius 2 is 2.07 bits per heavy atom. The first kappa shape index (κ1) is 11.4. The summed E-state index contributed by atoms with van der Waals surface area (Å²) in [5.41, 5.74) is 5.90. The first-order valence-electron chi connectivity index (χ1n) is 6.35. The number of likely N-dealkylation sites (tertiary alicyclic amines) is 2. The minimum atomic E-state index is 0.644. The van der Waals surface area contributed by atoms with Gasteiger partial charge in [-0.05, 0) is 45.3 Å². The van der Waals surface area contributed by atoms with Crippen molar-refractivity contribution in [1.29, 1.82) is 0 Å². The topological polar surface area (TPSA) is 32.5 Å². The van der Waals surface area contributed by atoms with Crippen LogP contribution in [0.2, 0.25) is 0 Å². The molecule has 3 atom stereocenters. The van der Waals surface area contributed by atoms with Crippen molar-refractivity contribution in [2.45, 2.75) is 38.3 Å². The van der Waals surface area contributed by atoms with Gasteiger partial charge < -0.3 is 10.6 Å². The maximum absolute atomic E-state index is 5.90. The van der Waals surface area contributed by atoms with E-state index < -0.39 is 0 Å². The van der Waals surface area contributed by atoms with Gasteiger partial charge in [-0.2, -0.15) is 0 Å². The van der Waals surface area contributed by atoms with E-state index in [-0.39, 0.29) is 0 Å². The molecule has 2 fully saturated rings. The van der Waals surface area contributed by atoms with Gasteiger partial charge in [-0.25, -0.2) is 0 Å². The molecular formula is C12H25N3. The van der Waals surface area contributed by atoms with Crippen LogP contribution in [0.5, 0.6) is 0 Å². The van der Waals surface area contributed by atoms with Crippen LogP contribution in [-0.4, -0.2) is 55.1 Å². The van der Waals surface area contributed by atoms with Crippen LogP contribution >= 0.6 is 0 Å². The molecular weight excluding hydrogens is 186 g/mol. The second-order valence-electron chi connectivity index (χ2n) is 5.46. The largest absolute Gasteiger partial charge is 0.329 e. The molecule has 2 aliphatic rings. The summed E-state index contributed by atoms with van der Waals surface area (Å²) in [5.74, 6) is 0.869. The fourth-order valence-electron chi connectivity index (χ4n) is 3.16. The summed E-state index contributed by atoms with van der Waals surface area (Å²) in [6.07, 6.45) is 3.99. The SMILES string of the molecule is CC1CCN(C2CCN(C)C2)C(CN)C1. The van der Waals surface area contributed by atoms with E-state index in [1.165, 1.54) is 38.9 Å². The van der Waals surface area contributed by atoms with Gasteiger partial charge >= 0.3 is 0 Å². The summed E-state index contributed by atoms with van der Waals surface area (Å²) in [4.78, 5) is 5.12. The Labute approximate surface area is 93.6 Å². The Hall–Kier alpha value is -0.120. The van der Waals surface area contributed by atoms with E-state index in [1.807, 2.05) is 0 Å². The van der Waals surface area contributed by atoms with Gasteiger partial charge in [0.15, 0.2) is 0 Å². The lowest BCUT2D eigenvalue weighted by molar-refractivity contribution is 0.0799. The molecule has 2 saturated heterocycles. The van der Waals surface area contributed by atoms with Crippen LogP contribution in [0.25, 0.3) is 0 Å². The molecule has 88 valence electrons. The number of nitrogens with two attached hydrogens (primary N) is 1. The predicted molar refractivity (Wildman–Crippen MR) is 63.8 cm³/mol. The molecule has 0 aliphatic carbocycles. The van der Waals surface area contributed by atoms with Crippen LogP contribution in [0.3, 0.4) is 0 Å². The fourth-order valence-corrected chi connectivity index (χ4v) is 3.16. The van der Waals surface area contributed by atoms with Crippen LogP contribution < -0.4 is 5.73 Å². The molecule has 15 heavy (non-hydrogen) atoms. The Balaban J connectivity index is 1.95. The van der Waals surface area contributed by atoms with E-state index in [4.69, 9.17) is 5.73 Å². The van der Waals surface area contributed by atoms with Crippen molar-refractivity contribution in [1.82, 2.24) is 9.80 Å². The van der Waals surface area contributed by atoms with E-state index in [0.29, 0.717) is 6.04 Å². The Kier molecular flexibility index (Phi) is 3.65. The average molecular weight is 211 g/mol. The molecule has 3 unspecified atom stereocenters. The quantitative estimate of drug-likeness (QED) is 0.731. The molecule has 2 N–H and O–H groups in total. The van der Waals surface area contributed by atoms with Crippen LogP contribution in [0, 0.1) is 5.92 Å². The fraction of sp³-hybridized carbons (Fsp3) is 1.00. The van der Waals surface area contributed by atoms with Gasteiger partial charge in [0.05, 0.1) is 0 Å². The highest BCUT2D eigenvalue weighted by Crippen LogP contribution is 2.26. The van der Waals surface area contributed by atoms with Crippen molar-refractivity contribution in [3.63, 3.8) is 0 Å². The van der Waals surface area contributed by atoms with Gasteiger partial charge in [0.2, 0.25) is 0 Å². The minimum Gasteiger partial charge on any atom is -0.329 e. The van der Waals surface area contributed by atoms with Gasteiger partial charge in [-0.15, -0.1) is 0 Å². The zero-order chi connectivity index (χ0) is 10.8. The number of nitrogens with zero attached hydrogens (tertiary/aromatic N) is 2. The number of likely N-dealkylation sites (N-methyl/N-ethyl adjacent to an activating group) is 1. The molecule has 0 radical (unpaired) electrons. The lowest BCUT2D eigenvalue weighted by atomic mass is 9.91. The molecule has 0 amide bonds. The summed E-state index contributed by atoms with van der Waals surface area (Å²) >= 11 is 0. The third-order valence-corrected chi connectivity index (χ3v) is 4.13. The maximum atomic E-state index is 5.90. The lowest BCUT2D eigenvalue weighted by Gasteiger charge is -2.41. The van der Waals surface area contributed by atoms with Crippen LogP contribution in [0.1, 0.15) is 26.2 Å². The van der Waals surface area contributed by atoms with Crippen molar-refractivity contribution in [3.8, 4) is 0 Å². The number of hydrogen-bond acceptors (Lipinski definition) is 3. The third kappa shape index (κ3) is 2.52. The highest BCUT2D eigenvalue weighted by molar-refractivity contribution is 4.89. The second-order valence-corrected chi connectivity index (χ2v) is 5.46. The molecule has 3 nitrogen and oxygen atoms in total. The minimum absolute atomic E-state index is 0.644. The normalized spacial score (nSPS) is 39.8. The summed E-state index contributed by atoms with van der Waals surface area (Å²) in [5, 5.41) is 0. The molecule has 0 saturated carbocycles. The van der Waals surface area contributed by atoms with E-state index in [1.54, 1.807) is 0 Å². The summed E-state index contributed by atoms with van der Waals surface area (Å²) in [7, 11) is 2.23. The molecule has 0 aromatic heterocycles. The molecule has 2 rings (SSSR count). The molecule has 0 spiro atoms. The maximum Gasteiger partial charge on any atom is 0.0238 e. The zero-order valence-corrected chi connectivity index (χ0v) is 10.2. The predicted octanol–water partition coefficient (Wildman–Crippen LogP) is 0.750. The van der Waals surface area contributed by atoms with Gasteiger partial charge in [0.25, 0.3) is 0 Å². The number of piperidine rings is 1. The highest BCUT2D eigenvalue weighted by atomic mass is 15.3. The molecule has 0 aromatic rings. The second kappa shape index (κ2) is 4.81. The van der Waals surface area contributed by atoms with Crippen molar-refractivity contribution >= 4 is 0 Å². The van der Waals surface area contributed by atoms with E-state index >= 15 is 0 Å². The van der Waals surface area contributed by atoms with Crippen LogP contribution in [-0.2, 0) is 0 Å². The van der Waals surface area contributed by atoms with Gasteiger partial charge in [-0.3, -0.25) is 4.90 Å². The molecule has 2 aliphatic heterocycles.